The highest BCUT2D eigenvalue weighted by atomic mass is 16.4. The number of aromatic nitrogens is 2. The molecular weight excluding hydrogens is 194 g/mol. The second-order valence-electron chi connectivity index (χ2n) is 3.94. The lowest BCUT2D eigenvalue weighted by atomic mass is 10.2. The molecule has 0 unspecified atom stereocenters. The molecule has 1 rings (SSSR count). The number of carboxylic acid groups (broad SMARTS) is 1. The van der Waals surface area contributed by atoms with Crippen molar-refractivity contribution in [3.05, 3.63) is 17.5 Å². The van der Waals surface area contributed by atoms with Crippen LogP contribution in [-0.2, 0) is 13.6 Å². The average molecular weight is 211 g/mol. The molecule has 84 valence electrons. The fourth-order valence-electron chi connectivity index (χ4n) is 1.25. The standard InChI is InChI=1S/C10H17N3O2/c1-7(2)12(3)6-9-8(10(14)15)5-11-13(9)4/h5,7H,6H2,1-4H3,(H,14,15). The van der Waals surface area contributed by atoms with Crippen LogP contribution >= 0.6 is 0 Å². The van der Waals surface area contributed by atoms with Crippen molar-refractivity contribution < 1.29 is 9.90 Å². The Balaban J connectivity index is 2.92. The predicted octanol–water partition coefficient (Wildman–Crippen LogP) is 0.958. The molecule has 0 aromatic carbocycles. The van der Waals surface area contributed by atoms with Gasteiger partial charge in [0.05, 0.1) is 11.9 Å². The molecule has 0 aliphatic heterocycles. The predicted molar refractivity (Wildman–Crippen MR) is 56.8 cm³/mol. The maximum atomic E-state index is 10.9. The van der Waals surface area contributed by atoms with Crippen LogP contribution in [-0.4, -0.2) is 38.8 Å². The Morgan fingerprint density at radius 3 is 2.73 bits per heavy atom. The summed E-state index contributed by atoms with van der Waals surface area (Å²) in [7, 11) is 3.72. The maximum Gasteiger partial charge on any atom is 0.339 e. The molecule has 0 aliphatic rings. The Bertz CT molecular complexity index is 358. The highest BCUT2D eigenvalue weighted by Gasteiger charge is 2.17. The molecule has 1 aromatic rings. The van der Waals surface area contributed by atoms with Crippen LogP contribution in [0.4, 0.5) is 0 Å². The van der Waals surface area contributed by atoms with Gasteiger partial charge in [-0.05, 0) is 20.9 Å². The summed E-state index contributed by atoms with van der Waals surface area (Å²) in [4.78, 5) is 13.0. The SMILES string of the molecule is CC(C)N(C)Cc1c(C(=O)O)cnn1C. The highest BCUT2D eigenvalue weighted by Crippen LogP contribution is 2.11. The lowest BCUT2D eigenvalue weighted by Crippen LogP contribution is -2.27. The van der Waals surface area contributed by atoms with E-state index < -0.39 is 5.97 Å². The highest BCUT2D eigenvalue weighted by molar-refractivity contribution is 5.88. The third kappa shape index (κ3) is 2.56. The van der Waals surface area contributed by atoms with Crippen molar-refractivity contribution in [2.24, 2.45) is 7.05 Å². The number of rotatable bonds is 4. The third-order valence-electron chi connectivity index (χ3n) is 2.57. The number of aromatic carboxylic acids is 1. The van der Waals surface area contributed by atoms with Crippen molar-refractivity contribution in [2.45, 2.75) is 26.4 Å². The Kier molecular flexibility index (Phi) is 3.47. The molecule has 0 bridgehead atoms. The maximum absolute atomic E-state index is 10.9. The number of aryl methyl sites for hydroxylation is 1. The summed E-state index contributed by atoms with van der Waals surface area (Å²) in [6.45, 7) is 4.73. The van der Waals surface area contributed by atoms with E-state index in [2.05, 4.69) is 23.8 Å². The monoisotopic (exact) mass is 211 g/mol. The molecule has 1 N–H and O–H groups in total. The van der Waals surface area contributed by atoms with E-state index in [1.165, 1.54) is 6.20 Å². The minimum atomic E-state index is -0.921. The zero-order valence-electron chi connectivity index (χ0n) is 9.56. The molecule has 0 atom stereocenters. The molecular formula is C10H17N3O2. The van der Waals surface area contributed by atoms with Gasteiger partial charge in [-0.1, -0.05) is 0 Å². The smallest absolute Gasteiger partial charge is 0.339 e. The van der Waals surface area contributed by atoms with Crippen molar-refractivity contribution >= 4 is 5.97 Å². The fraction of sp³-hybridized carbons (Fsp3) is 0.600. The minimum absolute atomic E-state index is 0.282. The number of hydrogen-bond donors (Lipinski definition) is 1. The van der Waals surface area contributed by atoms with Gasteiger partial charge >= 0.3 is 5.97 Å². The summed E-state index contributed by atoms with van der Waals surface area (Å²) in [5, 5.41) is 12.9. The van der Waals surface area contributed by atoms with E-state index >= 15 is 0 Å². The van der Waals surface area contributed by atoms with Crippen LogP contribution in [0.2, 0.25) is 0 Å². The molecule has 1 heterocycles. The molecule has 1 aromatic heterocycles. The zero-order chi connectivity index (χ0) is 11.6. The Morgan fingerprint density at radius 1 is 1.67 bits per heavy atom. The van der Waals surface area contributed by atoms with Gasteiger partial charge in [0, 0.05) is 19.6 Å². The van der Waals surface area contributed by atoms with Gasteiger partial charge in [-0.2, -0.15) is 5.10 Å². The van der Waals surface area contributed by atoms with Crippen LogP contribution < -0.4 is 0 Å². The van der Waals surface area contributed by atoms with Crippen molar-refractivity contribution in [1.29, 1.82) is 0 Å². The second kappa shape index (κ2) is 4.44. The average Bonchev–Trinajstić information content (AvgIpc) is 2.48. The van der Waals surface area contributed by atoms with Crippen LogP contribution in [0.1, 0.15) is 29.9 Å². The minimum Gasteiger partial charge on any atom is -0.478 e. The topological polar surface area (TPSA) is 58.4 Å². The lowest BCUT2D eigenvalue weighted by Gasteiger charge is -2.21. The van der Waals surface area contributed by atoms with Gasteiger partial charge in [0.2, 0.25) is 0 Å². The molecule has 0 radical (unpaired) electrons. The number of nitrogens with zero attached hydrogens (tertiary/aromatic N) is 3. The summed E-state index contributed by atoms with van der Waals surface area (Å²) >= 11 is 0. The van der Waals surface area contributed by atoms with Gasteiger partial charge in [-0.15, -0.1) is 0 Å². The normalized spacial score (nSPS) is 11.3. The Morgan fingerprint density at radius 2 is 2.27 bits per heavy atom. The van der Waals surface area contributed by atoms with E-state index in [0.29, 0.717) is 12.6 Å². The molecule has 0 saturated heterocycles. The van der Waals surface area contributed by atoms with E-state index in [9.17, 15) is 4.79 Å². The first-order chi connectivity index (χ1) is 6.93. The summed E-state index contributed by atoms with van der Waals surface area (Å²) < 4.78 is 1.61. The Hall–Kier alpha value is -1.36. The van der Waals surface area contributed by atoms with Crippen molar-refractivity contribution in [3.63, 3.8) is 0 Å². The zero-order valence-corrected chi connectivity index (χ0v) is 9.56. The van der Waals surface area contributed by atoms with Gasteiger partial charge in [0.1, 0.15) is 5.56 Å². The van der Waals surface area contributed by atoms with Gasteiger partial charge in [-0.25, -0.2) is 4.79 Å². The second-order valence-corrected chi connectivity index (χ2v) is 3.94. The molecule has 5 heteroatoms. The fourth-order valence-corrected chi connectivity index (χ4v) is 1.25. The summed E-state index contributed by atoms with van der Waals surface area (Å²) in [6, 6.07) is 0.376. The van der Waals surface area contributed by atoms with Gasteiger partial charge < -0.3 is 5.11 Å². The molecule has 5 nitrogen and oxygen atoms in total. The molecule has 0 aliphatic carbocycles. The van der Waals surface area contributed by atoms with Crippen molar-refractivity contribution in [2.75, 3.05) is 7.05 Å². The van der Waals surface area contributed by atoms with Gasteiger partial charge in [-0.3, -0.25) is 9.58 Å². The van der Waals surface area contributed by atoms with Crippen LogP contribution in [0, 0.1) is 0 Å². The number of carbonyl (C=O) groups is 1. The molecule has 0 spiro atoms. The largest absolute Gasteiger partial charge is 0.478 e. The molecule has 0 amide bonds. The quantitative estimate of drug-likeness (QED) is 0.805. The summed E-state index contributed by atoms with van der Waals surface area (Å²) in [5.41, 5.74) is 1.02. The molecule has 0 fully saturated rings. The van der Waals surface area contributed by atoms with Gasteiger partial charge in [0.25, 0.3) is 0 Å². The van der Waals surface area contributed by atoms with E-state index in [4.69, 9.17) is 5.11 Å². The van der Waals surface area contributed by atoms with Crippen molar-refractivity contribution in [1.82, 2.24) is 14.7 Å². The molecule has 0 saturated carbocycles. The van der Waals surface area contributed by atoms with E-state index in [1.54, 1.807) is 11.7 Å². The molecule has 15 heavy (non-hydrogen) atoms. The number of carboxylic acids is 1. The van der Waals surface area contributed by atoms with Crippen molar-refractivity contribution in [3.8, 4) is 0 Å². The van der Waals surface area contributed by atoms with Crippen LogP contribution in [0.5, 0.6) is 0 Å². The van der Waals surface area contributed by atoms with Crippen LogP contribution in [0.25, 0.3) is 0 Å². The van der Waals surface area contributed by atoms with E-state index in [0.717, 1.165) is 5.69 Å². The van der Waals surface area contributed by atoms with E-state index in [1.807, 2.05) is 7.05 Å². The summed E-state index contributed by atoms with van der Waals surface area (Å²) in [5.74, 6) is -0.921. The van der Waals surface area contributed by atoms with Crippen LogP contribution in [0.15, 0.2) is 6.20 Å². The van der Waals surface area contributed by atoms with Gasteiger partial charge in [0.15, 0.2) is 0 Å². The summed E-state index contributed by atoms with van der Waals surface area (Å²) in [6.07, 6.45) is 1.39. The van der Waals surface area contributed by atoms with E-state index in [-0.39, 0.29) is 5.56 Å². The Labute approximate surface area is 89.3 Å². The third-order valence-corrected chi connectivity index (χ3v) is 2.57. The first kappa shape index (κ1) is 11.7. The van der Waals surface area contributed by atoms with Crippen LogP contribution in [0.3, 0.4) is 0 Å². The first-order valence-electron chi connectivity index (χ1n) is 4.88. The first-order valence-corrected chi connectivity index (χ1v) is 4.88. The number of hydrogen-bond acceptors (Lipinski definition) is 3. The lowest BCUT2D eigenvalue weighted by molar-refractivity contribution is 0.0694.